The molecular formula is C24H22F6N10O2. The maximum Gasteiger partial charge on any atom is 0.433 e. The number of unbranched alkanes of at least 4 members (excludes halogenated alkanes) is 1. The largest absolute Gasteiger partial charge is 0.433 e. The van der Waals surface area contributed by atoms with E-state index in [1.54, 1.807) is 0 Å². The zero-order valence-electron chi connectivity index (χ0n) is 21.5. The molecule has 0 bridgehead atoms. The lowest BCUT2D eigenvalue weighted by Gasteiger charge is -2.08. The van der Waals surface area contributed by atoms with Crippen molar-refractivity contribution in [2.45, 2.75) is 51.4 Å². The zero-order valence-corrected chi connectivity index (χ0v) is 21.5. The summed E-state index contributed by atoms with van der Waals surface area (Å²) in [5.41, 5.74) is -1.36. The van der Waals surface area contributed by atoms with Gasteiger partial charge in [-0.3, -0.25) is 28.9 Å². The van der Waals surface area contributed by atoms with Gasteiger partial charge in [0.1, 0.15) is 5.69 Å². The number of aromatic nitrogens is 8. The van der Waals surface area contributed by atoms with Gasteiger partial charge in [0, 0.05) is 44.8 Å². The summed E-state index contributed by atoms with van der Waals surface area (Å²) >= 11 is 0. The van der Waals surface area contributed by atoms with Gasteiger partial charge in [0.15, 0.2) is 11.4 Å². The van der Waals surface area contributed by atoms with E-state index < -0.39 is 35.4 Å². The van der Waals surface area contributed by atoms with Gasteiger partial charge in [-0.1, -0.05) is 16.5 Å². The lowest BCUT2D eigenvalue weighted by atomic mass is 10.2. The summed E-state index contributed by atoms with van der Waals surface area (Å²) in [6, 6.07) is 2.95. The molecule has 0 fully saturated rings. The molecule has 0 aromatic carbocycles. The first-order chi connectivity index (χ1) is 19.9. The topological polar surface area (TPSA) is 145 Å². The Morgan fingerprint density at radius 1 is 0.738 bits per heavy atom. The normalized spacial score (nSPS) is 11.9. The van der Waals surface area contributed by atoms with Crippen LogP contribution in [0.2, 0.25) is 0 Å². The third kappa shape index (κ3) is 8.31. The van der Waals surface area contributed by atoms with E-state index in [0.717, 1.165) is 18.3 Å². The number of nitrogens with zero attached hydrogens (tertiary/aromatic N) is 8. The van der Waals surface area contributed by atoms with Gasteiger partial charge in [0.05, 0.1) is 18.0 Å². The molecule has 2 amide bonds. The van der Waals surface area contributed by atoms with Crippen LogP contribution in [-0.4, -0.2) is 51.8 Å². The highest BCUT2D eigenvalue weighted by molar-refractivity contribution is 5.92. The molecular weight excluding hydrogens is 574 g/mol. The van der Waals surface area contributed by atoms with Crippen LogP contribution in [0.1, 0.15) is 56.2 Å². The van der Waals surface area contributed by atoms with Crippen molar-refractivity contribution < 1.29 is 35.9 Å². The first kappa shape index (κ1) is 30.1. The zero-order chi connectivity index (χ0) is 30.3. The molecule has 0 aliphatic heterocycles. The third-order valence-electron chi connectivity index (χ3n) is 5.71. The molecule has 0 radical (unpaired) electrons. The van der Waals surface area contributed by atoms with Crippen LogP contribution in [-0.2, 0) is 38.5 Å². The first-order valence-electron chi connectivity index (χ1n) is 12.3. The molecule has 42 heavy (non-hydrogen) atoms. The number of halogens is 6. The molecule has 4 aromatic rings. The minimum atomic E-state index is -4.55. The number of rotatable bonds is 11. The molecule has 12 nitrogen and oxygen atoms in total. The van der Waals surface area contributed by atoms with Crippen molar-refractivity contribution in [1.82, 2.24) is 50.6 Å². The van der Waals surface area contributed by atoms with Crippen molar-refractivity contribution in [2.75, 3.05) is 0 Å². The number of aryl methyl sites for hydroxylation is 2. The van der Waals surface area contributed by atoms with Crippen LogP contribution in [0.3, 0.4) is 0 Å². The monoisotopic (exact) mass is 596 g/mol. The summed E-state index contributed by atoms with van der Waals surface area (Å²) < 4.78 is 79.1. The SMILES string of the molecule is O=C(NCc1ccc(C(F)(F)F)nc1)c1cn(CCCCn2cc(C(=O)NCc3cncc(C(F)(F)F)c3)nn2)nn1. The van der Waals surface area contributed by atoms with Crippen LogP contribution in [0.5, 0.6) is 0 Å². The molecule has 4 aromatic heterocycles. The average molecular weight is 596 g/mol. The van der Waals surface area contributed by atoms with Crippen molar-refractivity contribution in [2.24, 2.45) is 0 Å². The predicted octanol–water partition coefficient (Wildman–Crippen LogP) is 3.04. The molecule has 0 aliphatic carbocycles. The fourth-order valence-electron chi connectivity index (χ4n) is 3.55. The Labute approximate surface area is 233 Å². The molecule has 0 saturated carbocycles. The Balaban J connectivity index is 1.17. The number of amides is 2. The molecule has 0 spiro atoms. The predicted molar refractivity (Wildman–Crippen MR) is 130 cm³/mol. The Bertz CT molecular complexity index is 1510. The number of hydrogen-bond donors (Lipinski definition) is 2. The molecule has 2 N–H and O–H groups in total. The second kappa shape index (κ2) is 12.7. The fraction of sp³-hybridized carbons (Fsp3) is 0.333. The van der Waals surface area contributed by atoms with E-state index in [-0.39, 0.29) is 30.0 Å². The minimum Gasteiger partial charge on any atom is -0.346 e. The van der Waals surface area contributed by atoms with Crippen molar-refractivity contribution >= 4 is 11.8 Å². The molecule has 222 valence electrons. The van der Waals surface area contributed by atoms with E-state index in [2.05, 4.69) is 41.2 Å². The van der Waals surface area contributed by atoms with Crippen LogP contribution in [0.25, 0.3) is 0 Å². The molecule has 18 heteroatoms. The van der Waals surface area contributed by atoms with Crippen molar-refractivity contribution in [3.63, 3.8) is 0 Å². The molecule has 4 heterocycles. The number of alkyl halides is 6. The summed E-state index contributed by atoms with van der Waals surface area (Å²) in [6.45, 7) is 0.598. The van der Waals surface area contributed by atoms with Crippen LogP contribution >= 0.6 is 0 Å². The van der Waals surface area contributed by atoms with Crippen LogP contribution < -0.4 is 10.6 Å². The molecule has 0 atom stereocenters. The van der Waals surface area contributed by atoms with Crippen molar-refractivity contribution in [1.29, 1.82) is 0 Å². The quantitative estimate of drug-likeness (QED) is 0.199. The van der Waals surface area contributed by atoms with Gasteiger partial charge in [-0.2, -0.15) is 26.3 Å². The fourth-order valence-corrected chi connectivity index (χ4v) is 3.55. The van der Waals surface area contributed by atoms with Gasteiger partial charge in [-0.05, 0) is 36.1 Å². The smallest absolute Gasteiger partial charge is 0.346 e. The first-order valence-corrected chi connectivity index (χ1v) is 12.3. The van der Waals surface area contributed by atoms with Gasteiger partial charge in [0.2, 0.25) is 0 Å². The van der Waals surface area contributed by atoms with Gasteiger partial charge in [-0.25, -0.2) is 0 Å². The number of nitrogens with one attached hydrogen (secondary N) is 2. The highest BCUT2D eigenvalue weighted by Gasteiger charge is 2.32. The maximum absolute atomic E-state index is 12.8. The number of pyridine rings is 2. The molecule has 0 aliphatic rings. The highest BCUT2D eigenvalue weighted by Crippen LogP contribution is 2.29. The summed E-state index contributed by atoms with van der Waals surface area (Å²) in [5.74, 6) is -1.17. The number of hydrogen-bond acceptors (Lipinski definition) is 8. The van der Waals surface area contributed by atoms with Crippen molar-refractivity contribution in [3.05, 3.63) is 83.0 Å². The van der Waals surface area contributed by atoms with E-state index in [9.17, 15) is 35.9 Å². The molecule has 0 unspecified atom stereocenters. The Hall–Kier alpha value is -4.90. The van der Waals surface area contributed by atoms with E-state index in [1.807, 2.05) is 0 Å². The summed E-state index contributed by atoms with van der Waals surface area (Å²) in [4.78, 5) is 31.5. The standard InChI is InChI=1S/C24H22F6N10O2/c25-23(26,27)17-7-16(8-31-12-17)11-34-22(42)19-14-40(38-36-19)6-2-1-5-39-13-18(35-37-39)21(41)33-10-15-3-4-20(32-9-15)24(28,29)30/h3-4,7-9,12-14H,1-2,5-6,10-11H2,(H,33,41)(H,34,42). The Morgan fingerprint density at radius 2 is 1.31 bits per heavy atom. The van der Waals surface area contributed by atoms with Gasteiger partial charge >= 0.3 is 12.4 Å². The van der Waals surface area contributed by atoms with Crippen LogP contribution in [0.15, 0.2) is 49.2 Å². The molecule has 0 saturated heterocycles. The number of carbonyl (C=O) groups excluding carboxylic acids is 2. The lowest BCUT2D eigenvalue weighted by molar-refractivity contribution is -0.141. The highest BCUT2D eigenvalue weighted by atomic mass is 19.4. The van der Waals surface area contributed by atoms with Crippen LogP contribution in [0.4, 0.5) is 26.3 Å². The second-order valence-corrected chi connectivity index (χ2v) is 8.94. The second-order valence-electron chi connectivity index (χ2n) is 8.94. The Morgan fingerprint density at radius 3 is 1.81 bits per heavy atom. The van der Waals surface area contributed by atoms with E-state index in [0.29, 0.717) is 37.7 Å². The van der Waals surface area contributed by atoms with Gasteiger partial charge in [0.25, 0.3) is 11.8 Å². The summed E-state index contributed by atoms with van der Waals surface area (Å²) in [6.07, 6.45) is -2.10. The summed E-state index contributed by atoms with van der Waals surface area (Å²) in [7, 11) is 0. The average Bonchev–Trinajstić information content (AvgIpc) is 3.62. The van der Waals surface area contributed by atoms with Gasteiger partial charge < -0.3 is 10.6 Å². The molecule has 4 rings (SSSR count). The van der Waals surface area contributed by atoms with E-state index in [4.69, 9.17) is 0 Å². The lowest BCUT2D eigenvalue weighted by Crippen LogP contribution is -2.23. The third-order valence-corrected chi connectivity index (χ3v) is 5.71. The van der Waals surface area contributed by atoms with Gasteiger partial charge in [-0.15, -0.1) is 10.2 Å². The van der Waals surface area contributed by atoms with E-state index in [1.165, 1.54) is 34.0 Å². The minimum absolute atomic E-state index is 0.00561. The van der Waals surface area contributed by atoms with E-state index >= 15 is 0 Å². The summed E-state index contributed by atoms with van der Waals surface area (Å²) in [5, 5.41) is 20.3. The van der Waals surface area contributed by atoms with Crippen LogP contribution in [0, 0.1) is 0 Å². The number of carbonyl (C=O) groups is 2. The van der Waals surface area contributed by atoms with Crippen molar-refractivity contribution in [3.8, 4) is 0 Å². The maximum atomic E-state index is 12.8. The Kier molecular flexibility index (Phi) is 9.12.